The number of aryl methyl sites for hydroxylation is 1. The number of halogens is 1. The largest absolute Gasteiger partial charge is 0.342 e. The number of carbonyl (C=O) groups excluding carboxylic acids is 1. The Morgan fingerprint density at radius 3 is 2.95 bits per heavy atom. The maximum Gasteiger partial charge on any atom is 0.224 e. The summed E-state index contributed by atoms with van der Waals surface area (Å²) >= 11 is 0. The minimum Gasteiger partial charge on any atom is -0.342 e. The van der Waals surface area contributed by atoms with Gasteiger partial charge in [0.15, 0.2) is 5.82 Å². The van der Waals surface area contributed by atoms with E-state index in [1.54, 1.807) is 6.92 Å². The van der Waals surface area contributed by atoms with Gasteiger partial charge in [0.2, 0.25) is 11.8 Å². The Morgan fingerprint density at radius 1 is 1.60 bits per heavy atom. The lowest BCUT2D eigenvalue weighted by Gasteiger charge is -2.32. The van der Waals surface area contributed by atoms with Crippen molar-refractivity contribution < 1.29 is 9.32 Å². The molecule has 0 aromatic carbocycles. The maximum absolute atomic E-state index is 12.0. The van der Waals surface area contributed by atoms with Crippen LogP contribution in [-0.4, -0.2) is 40.1 Å². The molecule has 6 nitrogen and oxygen atoms in total. The highest BCUT2D eigenvalue weighted by Gasteiger charge is 2.25. The molecule has 0 saturated carbocycles. The molecule has 2 N–H and O–H groups in total. The van der Waals surface area contributed by atoms with Gasteiger partial charge in [-0.25, -0.2) is 0 Å². The van der Waals surface area contributed by atoms with Crippen molar-refractivity contribution in [2.24, 2.45) is 11.7 Å². The first-order valence-corrected chi connectivity index (χ1v) is 6.87. The Morgan fingerprint density at radius 2 is 2.35 bits per heavy atom. The van der Waals surface area contributed by atoms with Crippen molar-refractivity contribution in [1.29, 1.82) is 0 Å². The van der Waals surface area contributed by atoms with Crippen LogP contribution in [0.15, 0.2) is 4.52 Å². The number of hydrogen-bond acceptors (Lipinski definition) is 5. The molecule has 1 aliphatic heterocycles. The van der Waals surface area contributed by atoms with E-state index >= 15 is 0 Å². The van der Waals surface area contributed by atoms with Gasteiger partial charge in [0.25, 0.3) is 0 Å². The van der Waals surface area contributed by atoms with Gasteiger partial charge in [0.05, 0.1) is 0 Å². The van der Waals surface area contributed by atoms with Crippen LogP contribution in [0.1, 0.15) is 37.9 Å². The summed E-state index contributed by atoms with van der Waals surface area (Å²) < 4.78 is 4.97. The molecule has 2 atom stereocenters. The van der Waals surface area contributed by atoms with Gasteiger partial charge in [-0.05, 0) is 25.7 Å². The zero-order valence-electron chi connectivity index (χ0n) is 12.0. The highest BCUT2D eigenvalue weighted by Crippen LogP contribution is 2.20. The zero-order valence-corrected chi connectivity index (χ0v) is 12.9. The van der Waals surface area contributed by atoms with E-state index in [0.717, 1.165) is 38.2 Å². The predicted molar refractivity (Wildman–Crippen MR) is 77.6 cm³/mol. The van der Waals surface area contributed by atoms with Gasteiger partial charge in [-0.15, -0.1) is 12.4 Å². The molecule has 0 radical (unpaired) electrons. The molecule has 1 aromatic rings. The van der Waals surface area contributed by atoms with E-state index in [-0.39, 0.29) is 24.4 Å². The molecular weight excluding hydrogens is 280 g/mol. The van der Waals surface area contributed by atoms with E-state index in [2.05, 4.69) is 10.1 Å². The first-order valence-electron chi connectivity index (χ1n) is 6.87. The molecule has 2 unspecified atom stereocenters. The molecule has 0 aliphatic carbocycles. The van der Waals surface area contributed by atoms with E-state index in [4.69, 9.17) is 10.3 Å². The van der Waals surface area contributed by atoms with Crippen molar-refractivity contribution in [2.45, 2.75) is 45.6 Å². The smallest absolute Gasteiger partial charge is 0.224 e. The first-order chi connectivity index (χ1) is 9.04. The van der Waals surface area contributed by atoms with Gasteiger partial charge in [0, 0.05) is 38.9 Å². The Labute approximate surface area is 125 Å². The third-order valence-electron chi connectivity index (χ3n) is 3.41. The van der Waals surface area contributed by atoms with Crippen LogP contribution in [0.5, 0.6) is 0 Å². The van der Waals surface area contributed by atoms with Crippen LogP contribution < -0.4 is 5.73 Å². The number of nitrogens with zero attached hydrogens (tertiary/aromatic N) is 3. The predicted octanol–water partition coefficient (Wildman–Crippen LogP) is 1.32. The fraction of sp³-hybridized carbons (Fsp3) is 0.769. The van der Waals surface area contributed by atoms with Crippen LogP contribution in [0.3, 0.4) is 0 Å². The highest BCUT2D eigenvalue weighted by molar-refractivity contribution is 5.85. The minimum atomic E-state index is -0.0762. The molecule has 1 aromatic heterocycles. The molecule has 1 saturated heterocycles. The summed E-state index contributed by atoms with van der Waals surface area (Å²) in [6, 6.07) is -0.0762. The summed E-state index contributed by atoms with van der Waals surface area (Å²) in [5.74, 6) is 1.91. The average molecular weight is 303 g/mol. The SMILES string of the molecule is Cc1nc(CC2CCCN(C(=O)CC(C)N)C2)no1.Cl. The lowest BCUT2D eigenvalue weighted by molar-refractivity contribution is -0.133. The summed E-state index contributed by atoms with van der Waals surface area (Å²) in [6.07, 6.45) is 3.34. The molecule has 0 spiro atoms. The van der Waals surface area contributed by atoms with Crippen molar-refractivity contribution >= 4 is 18.3 Å². The van der Waals surface area contributed by atoms with Crippen molar-refractivity contribution in [3.05, 3.63) is 11.7 Å². The van der Waals surface area contributed by atoms with Crippen molar-refractivity contribution in [1.82, 2.24) is 15.0 Å². The lowest BCUT2D eigenvalue weighted by atomic mass is 9.94. The van der Waals surface area contributed by atoms with Crippen LogP contribution >= 0.6 is 12.4 Å². The second kappa shape index (κ2) is 7.59. The molecule has 2 rings (SSSR count). The number of aromatic nitrogens is 2. The fourth-order valence-electron chi connectivity index (χ4n) is 2.55. The molecule has 7 heteroatoms. The van der Waals surface area contributed by atoms with Gasteiger partial charge in [-0.2, -0.15) is 4.98 Å². The number of hydrogen-bond donors (Lipinski definition) is 1. The first kappa shape index (κ1) is 16.9. The van der Waals surface area contributed by atoms with Crippen LogP contribution in [-0.2, 0) is 11.2 Å². The van der Waals surface area contributed by atoms with Crippen LogP contribution in [0.4, 0.5) is 0 Å². The second-order valence-electron chi connectivity index (χ2n) is 5.46. The average Bonchev–Trinajstić information content (AvgIpc) is 2.74. The van der Waals surface area contributed by atoms with E-state index in [9.17, 15) is 4.79 Å². The van der Waals surface area contributed by atoms with Crippen LogP contribution in [0.25, 0.3) is 0 Å². The van der Waals surface area contributed by atoms with Crippen molar-refractivity contribution in [2.75, 3.05) is 13.1 Å². The molecule has 0 bridgehead atoms. The number of amides is 1. The molecular formula is C13H23ClN4O2. The monoisotopic (exact) mass is 302 g/mol. The van der Waals surface area contributed by atoms with Gasteiger partial charge in [-0.3, -0.25) is 4.79 Å². The maximum atomic E-state index is 12.0. The summed E-state index contributed by atoms with van der Waals surface area (Å²) in [5, 5.41) is 3.92. The van der Waals surface area contributed by atoms with E-state index < -0.39 is 0 Å². The Hall–Kier alpha value is -1.14. The van der Waals surface area contributed by atoms with Gasteiger partial charge >= 0.3 is 0 Å². The highest BCUT2D eigenvalue weighted by atomic mass is 35.5. The molecule has 1 amide bonds. The molecule has 1 aliphatic rings. The third-order valence-corrected chi connectivity index (χ3v) is 3.41. The number of rotatable bonds is 4. The molecule has 20 heavy (non-hydrogen) atoms. The van der Waals surface area contributed by atoms with Gasteiger partial charge in [-0.1, -0.05) is 5.16 Å². The van der Waals surface area contributed by atoms with E-state index in [1.807, 2.05) is 11.8 Å². The summed E-state index contributed by atoms with van der Waals surface area (Å²) in [6.45, 7) is 5.27. The minimum absolute atomic E-state index is 0. The zero-order chi connectivity index (χ0) is 13.8. The summed E-state index contributed by atoms with van der Waals surface area (Å²) in [7, 11) is 0. The molecule has 2 heterocycles. The van der Waals surface area contributed by atoms with Gasteiger partial charge < -0.3 is 15.2 Å². The van der Waals surface area contributed by atoms with Crippen LogP contribution in [0.2, 0.25) is 0 Å². The summed E-state index contributed by atoms with van der Waals surface area (Å²) in [5.41, 5.74) is 5.68. The number of carbonyl (C=O) groups is 1. The van der Waals surface area contributed by atoms with Crippen molar-refractivity contribution in [3.63, 3.8) is 0 Å². The Bertz CT molecular complexity index is 436. The van der Waals surface area contributed by atoms with E-state index in [0.29, 0.717) is 18.2 Å². The Kier molecular flexibility index (Phi) is 6.42. The number of nitrogens with two attached hydrogens (primary N) is 1. The van der Waals surface area contributed by atoms with Crippen LogP contribution in [0, 0.1) is 12.8 Å². The van der Waals surface area contributed by atoms with Gasteiger partial charge in [0.1, 0.15) is 0 Å². The molecule has 114 valence electrons. The Balaban J connectivity index is 0.00000200. The number of likely N-dealkylation sites (tertiary alicyclic amines) is 1. The normalized spacial score (nSPS) is 20.4. The summed E-state index contributed by atoms with van der Waals surface area (Å²) in [4.78, 5) is 18.1. The third kappa shape index (κ3) is 4.76. The number of piperidine rings is 1. The second-order valence-corrected chi connectivity index (χ2v) is 5.46. The van der Waals surface area contributed by atoms with E-state index in [1.165, 1.54) is 0 Å². The van der Waals surface area contributed by atoms with Crippen molar-refractivity contribution in [3.8, 4) is 0 Å². The standard InChI is InChI=1S/C13H22N4O2.ClH/c1-9(14)6-13(18)17-5-3-4-11(8-17)7-12-15-10(2)19-16-12;/h9,11H,3-8,14H2,1-2H3;1H. The lowest BCUT2D eigenvalue weighted by Crippen LogP contribution is -2.42. The quantitative estimate of drug-likeness (QED) is 0.906. The fourth-order valence-corrected chi connectivity index (χ4v) is 2.55. The topological polar surface area (TPSA) is 85.2 Å². The molecule has 1 fully saturated rings.